The number of aromatic nitrogens is 1. The first-order valence-corrected chi connectivity index (χ1v) is 9.90. The standard InChI is InChI=1S/C20H28F3N3O/c1-15-16(8-9-17(25-15)20(21,22)23)18(27)24-14-19(10-4-2-5-11-19)26-12-6-3-7-13-26/h8-9H,2-7,10-14H2,1H3,(H,24,27). The SMILES string of the molecule is Cc1nc(C(F)(F)F)ccc1C(=O)NCC1(N2CCCCC2)CCCCC1. The highest BCUT2D eigenvalue weighted by Crippen LogP contribution is 2.35. The maximum atomic E-state index is 12.8. The van der Waals surface area contributed by atoms with E-state index in [4.69, 9.17) is 0 Å². The number of halogens is 3. The molecule has 0 atom stereocenters. The van der Waals surface area contributed by atoms with Crippen LogP contribution in [0.4, 0.5) is 13.2 Å². The van der Waals surface area contributed by atoms with E-state index in [1.165, 1.54) is 38.7 Å². The average molecular weight is 383 g/mol. The van der Waals surface area contributed by atoms with Gasteiger partial charge >= 0.3 is 6.18 Å². The van der Waals surface area contributed by atoms with Gasteiger partial charge in [0.25, 0.3) is 5.91 Å². The Labute approximate surface area is 158 Å². The normalized spacial score (nSPS) is 21.0. The summed E-state index contributed by atoms with van der Waals surface area (Å²) in [5.74, 6) is -0.337. The lowest BCUT2D eigenvalue weighted by Gasteiger charge is -2.48. The number of nitrogens with one attached hydrogen (secondary N) is 1. The molecule has 2 fully saturated rings. The minimum atomic E-state index is -4.50. The molecule has 4 nitrogen and oxygen atoms in total. The number of hydrogen-bond donors (Lipinski definition) is 1. The minimum absolute atomic E-state index is 0.0123. The van der Waals surface area contributed by atoms with Crippen LogP contribution in [0.2, 0.25) is 0 Å². The van der Waals surface area contributed by atoms with E-state index < -0.39 is 11.9 Å². The Morgan fingerprint density at radius 3 is 2.33 bits per heavy atom. The second-order valence-corrected chi connectivity index (χ2v) is 7.84. The quantitative estimate of drug-likeness (QED) is 0.842. The van der Waals surface area contributed by atoms with Gasteiger partial charge in [-0.2, -0.15) is 13.2 Å². The van der Waals surface area contributed by atoms with Crippen LogP contribution >= 0.6 is 0 Å². The molecule has 0 unspecified atom stereocenters. The van der Waals surface area contributed by atoms with E-state index in [1.807, 2.05) is 0 Å². The number of likely N-dealkylation sites (tertiary alicyclic amines) is 1. The summed E-state index contributed by atoms with van der Waals surface area (Å²) in [6, 6.07) is 2.11. The van der Waals surface area contributed by atoms with Crippen molar-refractivity contribution in [3.63, 3.8) is 0 Å². The van der Waals surface area contributed by atoms with Gasteiger partial charge < -0.3 is 5.32 Å². The third-order valence-electron chi connectivity index (χ3n) is 6.01. The lowest BCUT2D eigenvalue weighted by Crippen LogP contribution is -2.58. The van der Waals surface area contributed by atoms with Crippen LogP contribution in [0.15, 0.2) is 12.1 Å². The van der Waals surface area contributed by atoms with Crippen molar-refractivity contribution in [1.82, 2.24) is 15.2 Å². The predicted molar refractivity (Wildman–Crippen MR) is 97.5 cm³/mol. The fourth-order valence-corrected chi connectivity index (χ4v) is 4.48. The van der Waals surface area contributed by atoms with Crippen LogP contribution in [-0.2, 0) is 6.18 Å². The molecule has 1 N–H and O–H groups in total. The molecule has 1 aromatic rings. The van der Waals surface area contributed by atoms with Gasteiger partial charge in [0.05, 0.1) is 11.3 Å². The smallest absolute Gasteiger partial charge is 0.350 e. The van der Waals surface area contributed by atoms with Crippen LogP contribution in [0.1, 0.15) is 73.1 Å². The predicted octanol–water partition coefficient (Wildman–Crippen LogP) is 4.33. The molecule has 0 aromatic carbocycles. The second-order valence-electron chi connectivity index (χ2n) is 7.84. The summed E-state index contributed by atoms with van der Waals surface area (Å²) in [5, 5.41) is 3.00. The number of piperidine rings is 1. The van der Waals surface area contributed by atoms with E-state index in [1.54, 1.807) is 0 Å². The maximum absolute atomic E-state index is 12.8. The molecule has 2 aliphatic rings. The summed E-state index contributed by atoms with van der Waals surface area (Å²) >= 11 is 0. The van der Waals surface area contributed by atoms with E-state index in [0.29, 0.717) is 6.54 Å². The molecule has 1 saturated carbocycles. The van der Waals surface area contributed by atoms with Gasteiger partial charge in [-0.1, -0.05) is 25.7 Å². The first-order valence-electron chi connectivity index (χ1n) is 9.90. The molecule has 1 saturated heterocycles. The van der Waals surface area contributed by atoms with Gasteiger partial charge in [0, 0.05) is 12.1 Å². The Bertz CT molecular complexity index is 663. The van der Waals surface area contributed by atoms with Crippen molar-refractivity contribution >= 4 is 5.91 Å². The van der Waals surface area contributed by atoms with E-state index in [2.05, 4.69) is 15.2 Å². The molecule has 1 aliphatic heterocycles. The maximum Gasteiger partial charge on any atom is 0.433 e. The van der Waals surface area contributed by atoms with Crippen molar-refractivity contribution in [3.05, 3.63) is 29.1 Å². The Balaban J connectivity index is 1.71. The van der Waals surface area contributed by atoms with Crippen LogP contribution in [0.25, 0.3) is 0 Å². The monoisotopic (exact) mass is 383 g/mol. The molecule has 0 radical (unpaired) electrons. The fraction of sp³-hybridized carbons (Fsp3) is 0.700. The molecule has 2 heterocycles. The molecular formula is C20H28F3N3O. The summed E-state index contributed by atoms with van der Waals surface area (Å²) in [4.78, 5) is 18.7. The first-order chi connectivity index (χ1) is 12.8. The molecule has 3 rings (SSSR count). The van der Waals surface area contributed by atoms with Crippen LogP contribution in [0, 0.1) is 6.92 Å². The zero-order valence-corrected chi connectivity index (χ0v) is 15.9. The van der Waals surface area contributed by atoms with Crippen molar-refractivity contribution in [2.75, 3.05) is 19.6 Å². The Morgan fingerprint density at radius 2 is 1.74 bits per heavy atom. The van der Waals surface area contributed by atoms with Crippen molar-refractivity contribution in [2.24, 2.45) is 0 Å². The Hall–Kier alpha value is -1.63. The van der Waals surface area contributed by atoms with Crippen LogP contribution in [-0.4, -0.2) is 41.0 Å². The van der Waals surface area contributed by atoms with Crippen molar-refractivity contribution in [3.8, 4) is 0 Å². The van der Waals surface area contributed by atoms with Crippen molar-refractivity contribution in [2.45, 2.75) is 70.0 Å². The van der Waals surface area contributed by atoms with E-state index >= 15 is 0 Å². The molecule has 27 heavy (non-hydrogen) atoms. The van der Waals surface area contributed by atoms with Gasteiger partial charge in [0.15, 0.2) is 0 Å². The summed E-state index contributed by atoms with van der Waals surface area (Å²) < 4.78 is 38.3. The number of nitrogens with zero attached hydrogens (tertiary/aromatic N) is 2. The number of hydrogen-bond acceptors (Lipinski definition) is 3. The topological polar surface area (TPSA) is 45.2 Å². The number of amides is 1. The second kappa shape index (κ2) is 8.17. The van der Waals surface area contributed by atoms with Crippen LogP contribution in [0.5, 0.6) is 0 Å². The Kier molecular flexibility index (Phi) is 6.08. The first kappa shape index (κ1) is 20.1. The van der Waals surface area contributed by atoms with Gasteiger partial charge in [-0.15, -0.1) is 0 Å². The number of aryl methyl sites for hydroxylation is 1. The van der Waals surface area contributed by atoms with E-state index in [0.717, 1.165) is 44.8 Å². The number of alkyl halides is 3. The van der Waals surface area contributed by atoms with Crippen LogP contribution < -0.4 is 5.32 Å². The molecule has 0 spiro atoms. The zero-order chi connectivity index (χ0) is 19.5. The number of rotatable bonds is 4. The summed E-state index contributed by atoms with van der Waals surface area (Å²) in [6.45, 7) is 4.13. The summed E-state index contributed by atoms with van der Waals surface area (Å²) in [6.07, 6.45) is 4.83. The fourth-order valence-electron chi connectivity index (χ4n) is 4.48. The van der Waals surface area contributed by atoms with E-state index in [9.17, 15) is 18.0 Å². The average Bonchev–Trinajstić information content (AvgIpc) is 2.67. The molecule has 150 valence electrons. The van der Waals surface area contributed by atoms with Crippen molar-refractivity contribution in [1.29, 1.82) is 0 Å². The van der Waals surface area contributed by atoms with E-state index in [-0.39, 0.29) is 22.7 Å². The Morgan fingerprint density at radius 1 is 1.11 bits per heavy atom. The molecule has 1 aliphatic carbocycles. The number of carbonyl (C=O) groups is 1. The highest BCUT2D eigenvalue weighted by Gasteiger charge is 2.39. The number of carbonyl (C=O) groups excluding carboxylic acids is 1. The lowest BCUT2D eigenvalue weighted by atomic mass is 9.79. The molecule has 1 aromatic heterocycles. The van der Waals surface area contributed by atoms with Gasteiger partial charge in [0.1, 0.15) is 5.69 Å². The van der Waals surface area contributed by atoms with Gasteiger partial charge in [0.2, 0.25) is 0 Å². The van der Waals surface area contributed by atoms with Crippen molar-refractivity contribution < 1.29 is 18.0 Å². The molecule has 1 amide bonds. The third kappa shape index (κ3) is 4.62. The third-order valence-corrected chi connectivity index (χ3v) is 6.01. The summed E-state index contributed by atoms with van der Waals surface area (Å²) in [5.41, 5.74) is -0.652. The van der Waals surface area contributed by atoms with Gasteiger partial charge in [-0.25, -0.2) is 4.98 Å². The minimum Gasteiger partial charge on any atom is -0.350 e. The van der Waals surface area contributed by atoms with Gasteiger partial charge in [-0.3, -0.25) is 9.69 Å². The lowest BCUT2D eigenvalue weighted by molar-refractivity contribution is -0.141. The largest absolute Gasteiger partial charge is 0.433 e. The molecule has 7 heteroatoms. The zero-order valence-electron chi connectivity index (χ0n) is 15.9. The highest BCUT2D eigenvalue weighted by molar-refractivity contribution is 5.95. The summed E-state index contributed by atoms with van der Waals surface area (Å²) in [7, 11) is 0. The molecule has 0 bridgehead atoms. The highest BCUT2D eigenvalue weighted by atomic mass is 19.4. The van der Waals surface area contributed by atoms with Gasteiger partial charge in [-0.05, 0) is 57.8 Å². The molecular weight excluding hydrogens is 355 g/mol. The van der Waals surface area contributed by atoms with Crippen LogP contribution in [0.3, 0.4) is 0 Å². The number of pyridine rings is 1.